The summed E-state index contributed by atoms with van der Waals surface area (Å²) in [5, 5.41) is 20.8. The van der Waals surface area contributed by atoms with Crippen molar-refractivity contribution in [1.29, 1.82) is 0 Å². The van der Waals surface area contributed by atoms with Crippen LogP contribution in [-0.4, -0.2) is 48.6 Å². The summed E-state index contributed by atoms with van der Waals surface area (Å²) in [6.07, 6.45) is 10.4. The van der Waals surface area contributed by atoms with Crippen molar-refractivity contribution in [3.8, 4) is 11.1 Å². The molecule has 46 heavy (non-hydrogen) atoms. The molecule has 246 valence electrons. The minimum absolute atomic E-state index is 0.0342. The van der Waals surface area contributed by atoms with Crippen LogP contribution in [0.2, 0.25) is 0 Å². The lowest BCUT2D eigenvalue weighted by Gasteiger charge is -2.34. The van der Waals surface area contributed by atoms with Crippen LogP contribution in [0, 0.1) is 11.8 Å². The van der Waals surface area contributed by atoms with E-state index in [1.807, 2.05) is 0 Å². The molecule has 1 aliphatic carbocycles. The van der Waals surface area contributed by atoms with E-state index in [2.05, 4.69) is 80.7 Å². The third kappa shape index (κ3) is 9.88. The molecule has 0 aliphatic heterocycles. The normalized spacial score (nSPS) is 16.3. The Morgan fingerprint density at radius 3 is 1.91 bits per heavy atom. The van der Waals surface area contributed by atoms with Gasteiger partial charge in [-0.15, -0.1) is 0 Å². The first-order valence-corrected chi connectivity index (χ1v) is 16.9. The molecule has 1 aliphatic rings. The molecule has 1 saturated carbocycles. The Morgan fingerprint density at radius 2 is 1.33 bits per heavy atom. The lowest BCUT2D eigenvalue weighted by atomic mass is 9.72. The van der Waals surface area contributed by atoms with E-state index < -0.39 is 25.2 Å². The van der Waals surface area contributed by atoms with Crippen molar-refractivity contribution < 1.29 is 29.3 Å². The number of fused-ring (bicyclic) bond motifs is 1. The van der Waals surface area contributed by atoms with Crippen LogP contribution in [0.5, 0.6) is 0 Å². The van der Waals surface area contributed by atoms with Gasteiger partial charge in [0.15, 0.2) is 0 Å². The lowest BCUT2D eigenvalue weighted by molar-refractivity contribution is -0.140. The van der Waals surface area contributed by atoms with Crippen LogP contribution >= 0.6 is 0 Å². The molecule has 0 amide bonds. The van der Waals surface area contributed by atoms with E-state index in [9.17, 15) is 9.59 Å². The molecule has 3 aromatic rings. The summed E-state index contributed by atoms with van der Waals surface area (Å²) in [7, 11) is 0. The minimum atomic E-state index is -0.588. The number of aliphatic hydroxyl groups is 2. The van der Waals surface area contributed by atoms with E-state index in [0.717, 1.165) is 32.1 Å². The molecule has 0 atom stereocenters. The zero-order chi connectivity index (χ0) is 32.9. The van der Waals surface area contributed by atoms with Crippen LogP contribution < -0.4 is 0 Å². The van der Waals surface area contributed by atoms with Gasteiger partial charge in [0.05, 0.1) is 37.6 Å². The van der Waals surface area contributed by atoms with E-state index in [-0.39, 0.29) is 30.3 Å². The van der Waals surface area contributed by atoms with E-state index in [4.69, 9.17) is 19.7 Å². The van der Waals surface area contributed by atoms with Crippen LogP contribution in [-0.2, 0) is 25.5 Å². The molecule has 0 aromatic heterocycles. The van der Waals surface area contributed by atoms with Gasteiger partial charge in [0, 0.05) is 0 Å². The molecule has 0 unspecified atom stereocenters. The average molecular weight is 627 g/mol. The highest BCUT2D eigenvalue weighted by atomic mass is 16.5. The second-order valence-corrected chi connectivity index (χ2v) is 12.7. The van der Waals surface area contributed by atoms with Crippen LogP contribution in [0.15, 0.2) is 85.0 Å². The fraction of sp³-hybridized carbons (Fsp3) is 0.450. The first-order chi connectivity index (χ1) is 22.3. The van der Waals surface area contributed by atoms with Crippen molar-refractivity contribution in [2.75, 3.05) is 26.4 Å². The second kappa shape index (κ2) is 17.8. The van der Waals surface area contributed by atoms with Crippen LogP contribution in [0.1, 0.15) is 81.8 Å². The Balaban J connectivity index is 1.36. The van der Waals surface area contributed by atoms with E-state index in [0.29, 0.717) is 24.7 Å². The summed E-state index contributed by atoms with van der Waals surface area (Å²) < 4.78 is 10.7. The van der Waals surface area contributed by atoms with Crippen LogP contribution in [0.4, 0.5) is 0 Å². The third-order valence-corrected chi connectivity index (χ3v) is 9.53. The van der Waals surface area contributed by atoms with Crippen molar-refractivity contribution in [3.05, 3.63) is 96.1 Å². The molecule has 0 saturated heterocycles. The fourth-order valence-electron chi connectivity index (χ4n) is 6.62. The number of ether oxygens (including phenoxy) is 2. The summed E-state index contributed by atoms with van der Waals surface area (Å²) in [6.45, 7) is 8.88. The minimum Gasteiger partial charge on any atom is -0.462 e. The zero-order valence-corrected chi connectivity index (χ0v) is 27.3. The number of carbonyl (C=O) groups excluding carboxylic acids is 2. The standard InChI is InChI=1S/C40H50O6/c1-4-5-6-7-30-8-10-32(11-9-30)35-16-18-38-25-36(17-19-37(38)24-35)33-14-12-31(13-15-33)34(20-22-45-39(43)28(2)26-41)21-23-46-40(44)29(3)27-42/h8-11,16-19,24-25,31,33-34,41-42H,2-7,12-15,20-23,26-27H2,1H3. The molecular weight excluding hydrogens is 576 g/mol. The molecule has 6 heteroatoms. The third-order valence-electron chi connectivity index (χ3n) is 9.53. The molecule has 6 nitrogen and oxygen atoms in total. The SMILES string of the molecule is C=C(CO)C(=O)OCCC(CCOC(=O)C(=C)CO)C1CCC(c2ccc3cc(-c4ccc(CCCCC)cc4)ccc3c2)CC1. The summed E-state index contributed by atoms with van der Waals surface area (Å²) in [5.74, 6) is -0.0780. The molecule has 4 rings (SSSR count). The van der Waals surface area contributed by atoms with Crippen LogP contribution in [0.25, 0.3) is 21.9 Å². The molecular formula is C40H50O6. The van der Waals surface area contributed by atoms with E-state index in [1.165, 1.54) is 52.3 Å². The fourth-order valence-corrected chi connectivity index (χ4v) is 6.62. The first-order valence-electron chi connectivity index (χ1n) is 16.9. The van der Waals surface area contributed by atoms with Gasteiger partial charge in [0.25, 0.3) is 0 Å². The number of unbranched alkanes of at least 4 members (excludes halogenated alkanes) is 2. The predicted molar refractivity (Wildman–Crippen MR) is 184 cm³/mol. The summed E-state index contributed by atoms with van der Waals surface area (Å²) in [5.41, 5.74) is 5.34. The predicted octanol–water partition coefficient (Wildman–Crippen LogP) is 8.09. The largest absolute Gasteiger partial charge is 0.462 e. The maximum Gasteiger partial charge on any atom is 0.335 e. The number of carbonyl (C=O) groups is 2. The van der Waals surface area contributed by atoms with E-state index in [1.54, 1.807) is 0 Å². The molecule has 0 spiro atoms. The lowest BCUT2D eigenvalue weighted by Crippen LogP contribution is -2.25. The monoisotopic (exact) mass is 626 g/mol. The first kappa shape index (κ1) is 35.1. The molecule has 0 heterocycles. The van der Waals surface area contributed by atoms with Gasteiger partial charge in [0.1, 0.15) is 0 Å². The Bertz CT molecular complexity index is 1430. The summed E-state index contributed by atoms with van der Waals surface area (Å²) in [6, 6.07) is 22.7. The Labute approximate surface area is 274 Å². The number of rotatable bonds is 17. The number of hydrogen-bond donors (Lipinski definition) is 2. The summed E-state index contributed by atoms with van der Waals surface area (Å²) >= 11 is 0. The van der Waals surface area contributed by atoms with Gasteiger partial charge in [-0.05, 0) is 108 Å². The number of aliphatic hydroxyl groups excluding tert-OH is 2. The number of benzene rings is 3. The second-order valence-electron chi connectivity index (χ2n) is 12.7. The highest BCUT2D eigenvalue weighted by molar-refractivity contribution is 5.89. The zero-order valence-electron chi connectivity index (χ0n) is 27.3. The van der Waals surface area contributed by atoms with Gasteiger partial charge in [-0.3, -0.25) is 0 Å². The number of aryl methyl sites for hydroxylation is 1. The summed E-state index contributed by atoms with van der Waals surface area (Å²) in [4.78, 5) is 24.0. The van der Waals surface area contributed by atoms with Gasteiger partial charge in [-0.1, -0.05) is 87.5 Å². The van der Waals surface area contributed by atoms with Crippen molar-refractivity contribution in [1.82, 2.24) is 0 Å². The maximum atomic E-state index is 12.0. The van der Waals surface area contributed by atoms with Crippen molar-refractivity contribution in [2.45, 2.75) is 77.0 Å². The van der Waals surface area contributed by atoms with Crippen molar-refractivity contribution in [2.24, 2.45) is 11.8 Å². The maximum absolute atomic E-state index is 12.0. The molecule has 3 aromatic carbocycles. The van der Waals surface area contributed by atoms with Gasteiger partial charge in [-0.2, -0.15) is 0 Å². The number of hydrogen-bond acceptors (Lipinski definition) is 6. The van der Waals surface area contributed by atoms with Crippen molar-refractivity contribution >= 4 is 22.7 Å². The smallest absolute Gasteiger partial charge is 0.335 e. The molecule has 2 N–H and O–H groups in total. The van der Waals surface area contributed by atoms with Gasteiger partial charge in [0.2, 0.25) is 0 Å². The highest BCUT2D eigenvalue weighted by Gasteiger charge is 2.29. The molecule has 1 fully saturated rings. The van der Waals surface area contributed by atoms with Crippen LogP contribution in [0.3, 0.4) is 0 Å². The average Bonchev–Trinajstić information content (AvgIpc) is 3.10. The Kier molecular flexibility index (Phi) is 13.6. The molecule has 0 radical (unpaired) electrons. The Hall–Kier alpha value is -3.74. The van der Waals surface area contributed by atoms with Gasteiger partial charge >= 0.3 is 11.9 Å². The topological polar surface area (TPSA) is 93.1 Å². The number of esters is 2. The van der Waals surface area contributed by atoms with Gasteiger partial charge in [-0.25, -0.2) is 9.59 Å². The quantitative estimate of drug-likeness (QED) is 0.0894. The van der Waals surface area contributed by atoms with E-state index >= 15 is 0 Å². The highest BCUT2D eigenvalue weighted by Crippen LogP contribution is 2.41. The van der Waals surface area contributed by atoms with Gasteiger partial charge < -0.3 is 19.7 Å². The van der Waals surface area contributed by atoms with Crippen molar-refractivity contribution in [3.63, 3.8) is 0 Å². The molecule has 0 bridgehead atoms. The Morgan fingerprint density at radius 1 is 0.761 bits per heavy atom.